The highest BCUT2D eigenvalue weighted by Crippen LogP contribution is 2.01. The van der Waals surface area contributed by atoms with Crippen molar-refractivity contribution < 1.29 is 9.84 Å². The molecule has 1 aromatic heterocycles. The maximum absolute atomic E-state index is 8.13. The Morgan fingerprint density at radius 1 is 1.60 bits per heavy atom. The summed E-state index contributed by atoms with van der Waals surface area (Å²) in [4.78, 5) is 0. The molecular formula is C3H5N5O2. The molecule has 1 rings (SSSR count). The molecule has 0 aliphatic heterocycles. The summed E-state index contributed by atoms with van der Waals surface area (Å²) >= 11 is 0. The highest BCUT2D eigenvalue weighted by Gasteiger charge is 2.09. The summed E-state index contributed by atoms with van der Waals surface area (Å²) < 4.78 is 4.17. The molecule has 0 aliphatic rings. The fourth-order valence-electron chi connectivity index (χ4n) is 0.421. The Labute approximate surface area is 55.3 Å². The fraction of sp³-hybridized carbons (Fsp3) is 0. The average Bonchev–Trinajstić information content (AvgIpc) is 2.34. The normalized spacial score (nSPS) is 11.8. The van der Waals surface area contributed by atoms with E-state index in [1.807, 2.05) is 0 Å². The Balaban J connectivity index is 3.05. The minimum Gasteiger partial charge on any atom is -0.409 e. The molecule has 0 fully saturated rings. The van der Waals surface area contributed by atoms with Gasteiger partial charge >= 0.3 is 0 Å². The topological polar surface area (TPSA) is 124 Å². The predicted molar refractivity (Wildman–Crippen MR) is 31.2 cm³/mol. The van der Waals surface area contributed by atoms with Gasteiger partial charge in [0.2, 0.25) is 0 Å². The van der Waals surface area contributed by atoms with E-state index < -0.39 is 0 Å². The molecule has 0 amide bonds. The Bertz CT molecular complexity index is 253. The minimum absolute atomic E-state index is 0.00435. The van der Waals surface area contributed by atoms with E-state index in [1.165, 1.54) is 0 Å². The van der Waals surface area contributed by atoms with Gasteiger partial charge in [0.15, 0.2) is 17.3 Å². The van der Waals surface area contributed by atoms with Gasteiger partial charge in [0.1, 0.15) is 0 Å². The van der Waals surface area contributed by atoms with E-state index in [0.717, 1.165) is 0 Å². The minimum atomic E-state index is -0.223. The number of oxime groups is 1. The molecular weight excluding hydrogens is 138 g/mol. The molecule has 0 bridgehead atoms. The summed E-state index contributed by atoms with van der Waals surface area (Å²) in [5.74, 6) is -0.228. The average molecular weight is 143 g/mol. The lowest BCUT2D eigenvalue weighted by Crippen LogP contribution is -2.15. The zero-order valence-corrected chi connectivity index (χ0v) is 4.85. The first-order chi connectivity index (χ1) is 4.75. The third-order valence-corrected chi connectivity index (χ3v) is 0.864. The Hall–Kier alpha value is -1.79. The van der Waals surface area contributed by atoms with E-state index in [9.17, 15) is 0 Å². The Morgan fingerprint density at radius 3 is 2.70 bits per heavy atom. The van der Waals surface area contributed by atoms with Gasteiger partial charge < -0.3 is 16.7 Å². The van der Waals surface area contributed by atoms with Crippen molar-refractivity contribution in [1.82, 2.24) is 10.3 Å². The van der Waals surface area contributed by atoms with Gasteiger partial charge in [-0.25, -0.2) is 4.63 Å². The second-order valence-electron chi connectivity index (χ2n) is 1.48. The standard InChI is InChI=1S/C3H5N5O2/c4-2(6-9)1-3(5)8-10-7-1/h9H,(H2,4,6)(H2,5,8). The van der Waals surface area contributed by atoms with E-state index in [4.69, 9.17) is 16.7 Å². The molecule has 1 heterocycles. The monoisotopic (exact) mass is 143 g/mol. The van der Waals surface area contributed by atoms with Crippen LogP contribution in [-0.2, 0) is 0 Å². The first kappa shape index (κ1) is 6.33. The molecule has 10 heavy (non-hydrogen) atoms. The molecule has 0 spiro atoms. The van der Waals surface area contributed by atoms with Gasteiger partial charge in [-0.15, -0.1) is 0 Å². The first-order valence-electron chi connectivity index (χ1n) is 2.31. The number of nitrogens with zero attached hydrogens (tertiary/aromatic N) is 3. The highest BCUT2D eigenvalue weighted by molar-refractivity contribution is 5.98. The molecule has 0 unspecified atom stereocenters. The summed E-state index contributed by atoms with van der Waals surface area (Å²) in [6, 6.07) is 0. The van der Waals surface area contributed by atoms with Crippen molar-refractivity contribution in [2.24, 2.45) is 10.9 Å². The van der Waals surface area contributed by atoms with Crippen LogP contribution in [0, 0.1) is 0 Å². The largest absolute Gasteiger partial charge is 0.409 e. The van der Waals surface area contributed by atoms with Gasteiger partial charge in [0, 0.05) is 0 Å². The van der Waals surface area contributed by atoms with E-state index in [1.54, 1.807) is 0 Å². The smallest absolute Gasteiger partial charge is 0.199 e. The zero-order valence-electron chi connectivity index (χ0n) is 4.85. The molecule has 54 valence electrons. The van der Waals surface area contributed by atoms with E-state index in [2.05, 4.69) is 20.1 Å². The van der Waals surface area contributed by atoms with Crippen LogP contribution in [0.4, 0.5) is 5.82 Å². The van der Waals surface area contributed by atoms with Crippen LogP contribution in [0.2, 0.25) is 0 Å². The number of hydrogen-bond acceptors (Lipinski definition) is 6. The van der Waals surface area contributed by atoms with E-state index in [0.29, 0.717) is 0 Å². The van der Waals surface area contributed by atoms with Gasteiger partial charge in [0.25, 0.3) is 0 Å². The molecule has 0 radical (unpaired) electrons. The lowest BCUT2D eigenvalue weighted by Gasteiger charge is -1.87. The van der Waals surface area contributed by atoms with Crippen LogP contribution >= 0.6 is 0 Å². The van der Waals surface area contributed by atoms with Gasteiger partial charge in [-0.05, 0) is 10.3 Å². The molecule has 0 saturated heterocycles. The van der Waals surface area contributed by atoms with Gasteiger partial charge in [-0.2, -0.15) is 0 Å². The second-order valence-corrected chi connectivity index (χ2v) is 1.48. The number of aromatic nitrogens is 2. The molecule has 7 nitrogen and oxygen atoms in total. The van der Waals surface area contributed by atoms with Gasteiger partial charge in [0.05, 0.1) is 0 Å². The highest BCUT2D eigenvalue weighted by atomic mass is 16.6. The zero-order chi connectivity index (χ0) is 7.56. The van der Waals surface area contributed by atoms with Crippen LogP contribution < -0.4 is 11.5 Å². The van der Waals surface area contributed by atoms with Crippen LogP contribution in [0.5, 0.6) is 0 Å². The van der Waals surface area contributed by atoms with E-state index in [-0.39, 0.29) is 17.3 Å². The van der Waals surface area contributed by atoms with Crippen molar-refractivity contribution in [2.75, 3.05) is 5.73 Å². The SMILES string of the molecule is N/C(=N/O)c1nonc1N. The molecule has 7 heteroatoms. The summed E-state index contributed by atoms with van der Waals surface area (Å²) in [5.41, 5.74) is 10.3. The maximum atomic E-state index is 8.13. The second kappa shape index (κ2) is 2.21. The van der Waals surface area contributed by atoms with Crippen LogP contribution in [0.3, 0.4) is 0 Å². The van der Waals surface area contributed by atoms with Gasteiger partial charge in [-0.1, -0.05) is 5.16 Å². The van der Waals surface area contributed by atoms with Gasteiger partial charge in [-0.3, -0.25) is 0 Å². The van der Waals surface area contributed by atoms with Crippen LogP contribution in [0.15, 0.2) is 9.78 Å². The summed E-state index contributed by atoms with van der Waals surface area (Å²) in [6.07, 6.45) is 0. The van der Waals surface area contributed by atoms with Crippen molar-refractivity contribution in [3.8, 4) is 0 Å². The molecule has 5 N–H and O–H groups in total. The summed E-state index contributed by atoms with van der Waals surface area (Å²) in [6.45, 7) is 0. The van der Waals surface area contributed by atoms with Crippen molar-refractivity contribution in [3.63, 3.8) is 0 Å². The number of nitrogen functional groups attached to an aromatic ring is 1. The first-order valence-corrected chi connectivity index (χ1v) is 2.31. The summed E-state index contributed by atoms with van der Waals surface area (Å²) in [7, 11) is 0. The lowest BCUT2D eigenvalue weighted by atomic mass is 10.4. The number of rotatable bonds is 1. The predicted octanol–water partition coefficient (Wildman–Crippen LogP) is -1.25. The Morgan fingerprint density at radius 2 is 2.30 bits per heavy atom. The quantitative estimate of drug-likeness (QED) is 0.195. The fourth-order valence-corrected chi connectivity index (χ4v) is 0.421. The molecule has 0 saturated carbocycles. The number of nitrogens with two attached hydrogens (primary N) is 2. The maximum Gasteiger partial charge on any atom is 0.199 e. The number of amidine groups is 1. The van der Waals surface area contributed by atoms with Crippen molar-refractivity contribution in [1.29, 1.82) is 0 Å². The molecule has 0 atom stereocenters. The lowest BCUT2D eigenvalue weighted by molar-refractivity contribution is 0.305. The third kappa shape index (κ3) is 0.835. The van der Waals surface area contributed by atoms with Crippen molar-refractivity contribution in [2.45, 2.75) is 0 Å². The van der Waals surface area contributed by atoms with Crippen LogP contribution in [-0.4, -0.2) is 21.4 Å². The third-order valence-electron chi connectivity index (χ3n) is 0.864. The molecule has 0 aliphatic carbocycles. The number of anilines is 1. The molecule has 0 aromatic carbocycles. The van der Waals surface area contributed by atoms with Crippen LogP contribution in [0.1, 0.15) is 5.69 Å². The Kier molecular flexibility index (Phi) is 1.40. The number of hydrogen-bond donors (Lipinski definition) is 3. The molecule has 1 aromatic rings. The summed E-state index contributed by atoms with van der Waals surface area (Å²) in [5, 5.41) is 17.2. The van der Waals surface area contributed by atoms with Crippen molar-refractivity contribution in [3.05, 3.63) is 5.69 Å². The van der Waals surface area contributed by atoms with Crippen LogP contribution in [0.25, 0.3) is 0 Å². The van der Waals surface area contributed by atoms with E-state index >= 15 is 0 Å². The van der Waals surface area contributed by atoms with Crippen molar-refractivity contribution >= 4 is 11.7 Å².